The van der Waals surface area contributed by atoms with Gasteiger partial charge in [-0.25, -0.2) is 0 Å². The lowest BCUT2D eigenvalue weighted by Crippen LogP contribution is -2.25. The van der Waals surface area contributed by atoms with Crippen molar-refractivity contribution >= 4 is 5.78 Å². The molecule has 0 aromatic heterocycles. The SMILES string of the molecule is CCCNCC(=O)Cc1c(C)cc(C)cc1C. The Labute approximate surface area is 104 Å². The van der Waals surface area contributed by atoms with Gasteiger partial charge in [-0.15, -0.1) is 0 Å². The molecule has 0 fully saturated rings. The van der Waals surface area contributed by atoms with Crippen LogP contribution in [0.2, 0.25) is 0 Å². The van der Waals surface area contributed by atoms with E-state index in [-0.39, 0.29) is 5.78 Å². The van der Waals surface area contributed by atoms with Gasteiger partial charge in [0.15, 0.2) is 5.78 Å². The number of hydrogen-bond donors (Lipinski definition) is 1. The number of hydrogen-bond acceptors (Lipinski definition) is 2. The molecule has 1 N–H and O–H groups in total. The summed E-state index contributed by atoms with van der Waals surface area (Å²) in [5.41, 5.74) is 4.91. The van der Waals surface area contributed by atoms with E-state index in [0.29, 0.717) is 13.0 Å². The molecule has 0 saturated carbocycles. The van der Waals surface area contributed by atoms with E-state index < -0.39 is 0 Å². The lowest BCUT2D eigenvalue weighted by Gasteiger charge is -2.11. The lowest BCUT2D eigenvalue weighted by molar-refractivity contribution is -0.117. The van der Waals surface area contributed by atoms with Gasteiger partial charge in [0.05, 0.1) is 6.54 Å². The fourth-order valence-electron chi connectivity index (χ4n) is 2.15. The van der Waals surface area contributed by atoms with Crippen molar-refractivity contribution in [3.63, 3.8) is 0 Å². The van der Waals surface area contributed by atoms with Crippen LogP contribution in [-0.4, -0.2) is 18.9 Å². The topological polar surface area (TPSA) is 29.1 Å². The van der Waals surface area contributed by atoms with Crippen LogP contribution in [0.1, 0.15) is 35.6 Å². The molecule has 0 radical (unpaired) electrons. The molecule has 0 saturated heterocycles. The average Bonchev–Trinajstić information content (AvgIpc) is 2.24. The number of carbonyl (C=O) groups is 1. The number of nitrogens with one attached hydrogen (secondary N) is 1. The third-order valence-electron chi connectivity index (χ3n) is 2.96. The molecule has 0 amide bonds. The molecular weight excluding hydrogens is 210 g/mol. The zero-order valence-corrected chi connectivity index (χ0v) is 11.4. The van der Waals surface area contributed by atoms with Gasteiger partial charge in [-0.05, 0) is 50.4 Å². The zero-order chi connectivity index (χ0) is 12.8. The first-order valence-corrected chi connectivity index (χ1v) is 6.33. The molecule has 1 rings (SSSR count). The van der Waals surface area contributed by atoms with Crippen molar-refractivity contribution in [2.45, 2.75) is 40.5 Å². The van der Waals surface area contributed by atoms with Gasteiger partial charge in [0, 0.05) is 6.42 Å². The maximum absolute atomic E-state index is 11.8. The third kappa shape index (κ3) is 4.31. The summed E-state index contributed by atoms with van der Waals surface area (Å²) >= 11 is 0. The van der Waals surface area contributed by atoms with Crippen LogP contribution < -0.4 is 5.32 Å². The summed E-state index contributed by atoms with van der Waals surface area (Å²) in [5, 5.41) is 3.16. The summed E-state index contributed by atoms with van der Waals surface area (Å²) < 4.78 is 0. The van der Waals surface area contributed by atoms with E-state index in [4.69, 9.17) is 0 Å². The Kier molecular flexibility index (Phi) is 5.36. The number of Topliss-reactive ketones (excluding diaryl/α,β-unsaturated/α-hetero) is 1. The molecule has 17 heavy (non-hydrogen) atoms. The van der Waals surface area contributed by atoms with Crippen LogP contribution in [0.25, 0.3) is 0 Å². The summed E-state index contributed by atoms with van der Waals surface area (Å²) in [5.74, 6) is 0.272. The van der Waals surface area contributed by atoms with E-state index in [0.717, 1.165) is 13.0 Å². The zero-order valence-electron chi connectivity index (χ0n) is 11.4. The van der Waals surface area contributed by atoms with Crippen molar-refractivity contribution in [3.8, 4) is 0 Å². The van der Waals surface area contributed by atoms with Crippen LogP contribution in [0.4, 0.5) is 0 Å². The average molecular weight is 233 g/mol. The number of ketones is 1. The van der Waals surface area contributed by atoms with Crippen LogP contribution >= 0.6 is 0 Å². The second-order valence-corrected chi connectivity index (χ2v) is 4.77. The van der Waals surface area contributed by atoms with Gasteiger partial charge in [-0.1, -0.05) is 24.6 Å². The smallest absolute Gasteiger partial charge is 0.150 e. The first-order valence-electron chi connectivity index (χ1n) is 6.33. The van der Waals surface area contributed by atoms with Gasteiger partial charge in [-0.3, -0.25) is 4.79 Å². The summed E-state index contributed by atoms with van der Waals surface area (Å²) in [7, 11) is 0. The van der Waals surface area contributed by atoms with Crippen molar-refractivity contribution in [3.05, 3.63) is 34.4 Å². The Morgan fingerprint density at radius 1 is 1.18 bits per heavy atom. The fourth-order valence-corrected chi connectivity index (χ4v) is 2.15. The number of rotatable bonds is 6. The molecule has 0 bridgehead atoms. The quantitative estimate of drug-likeness (QED) is 0.765. The largest absolute Gasteiger partial charge is 0.310 e. The van der Waals surface area contributed by atoms with Crippen LogP contribution in [0.5, 0.6) is 0 Å². The van der Waals surface area contributed by atoms with Gasteiger partial charge in [-0.2, -0.15) is 0 Å². The van der Waals surface area contributed by atoms with Crippen LogP contribution in [0.15, 0.2) is 12.1 Å². The van der Waals surface area contributed by atoms with Crippen molar-refractivity contribution in [1.29, 1.82) is 0 Å². The van der Waals surface area contributed by atoms with E-state index in [1.165, 1.54) is 22.3 Å². The molecule has 0 spiro atoms. The van der Waals surface area contributed by atoms with Crippen molar-refractivity contribution in [1.82, 2.24) is 5.32 Å². The highest BCUT2D eigenvalue weighted by Crippen LogP contribution is 2.16. The molecule has 94 valence electrons. The molecule has 0 atom stereocenters. The molecule has 0 unspecified atom stereocenters. The normalized spacial score (nSPS) is 10.6. The molecule has 2 nitrogen and oxygen atoms in total. The van der Waals surface area contributed by atoms with Crippen molar-refractivity contribution < 1.29 is 4.79 Å². The third-order valence-corrected chi connectivity index (χ3v) is 2.96. The van der Waals surface area contributed by atoms with Gasteiger partial charge >= 0.3 is 0 Å². The van der Waals surface area contributed by atoms with Crippen molar-refractivity contribution in [2.75, 3.05) is 13.1 Å². The van der Waals surface area contributed by atoms with Gasteiger partial charge < -0.3 is 5.32 Å². The summed E-state index contributed by atoms with van der Waals surface area (Å²) in [6.07, 6.45) is 1.62. The minimum absolute atomic E-state index is 0.272. The first kappa shape index (κ1) is 13.9. The number of aryl methyl sites for hydroxylation is 3. The highest BCUT2D eigenvalue weighted by Gasteiger charge is 2.08. The molecule has 0 heterocycles. The maximum Gasteiger partial charge on any atom is 0.150 e. The van der Waals surface area contributed by atoms with Gasteiger partial charge in [0.25, 0.3) is 0 Å². The second kappa shape index (κ2) is 6.55. The summed E-state index contributed by atoms with van der Waals surface area (Å²) in [6.45, 7) is 9.77. The van der Waals surface area contributed by atoms with E-state index in [1.807, 2.05) is 0 Å². The standard InChI is InChI=1S/C15H23NO/c1-5-6-16-10-14(17)9-15-12(3)7-11(2)8-13(15)4/h7-8,16H,5-6,9-10H2,1-4H3. The monoisotopic (exact) mass is 233 g/mol. The lowest BCUT2D eigenvalue weighted by atomic mass is 9.96. The minimum atomic E-state index is 0.272. The molecule has 1 aromatic carbocycles. The molecule has 0 aliphatic heterocycles. The first-order chi connectivity index (χ1) is 8.04. The highest BCUT2D eigenvalue weighted by molar-refractivity contribution is 5.83. The van der Waals surface area contributed by atoms with E-state index in [1.54, 1.807) is 0 Å². The molecule has 0 aliphatic rings. The summed E-state index contributed by atoms with van der Waals surface area (Å²) in [4.78, 5) is 11.8. The number of benzene rings is 1. The predicted molar refractivity (Wildman–Crippen MR) is 72.5 cm³/mol. The molecule has 2 heteroatoms. The molecule has 0 aliphatic carbocycles. The summed E-state index contributed by atoms with van der Waals surface area (Å²) in [6, 6.07) is 4.30. The maximum atomic E-state index is 11.8. The molecule has 1 aromatic rings. The Balaban J connectivity index is 2.65. The van der Waals surface area contributed by atoms with Crippen molar-refractivity contribution in [2.24, 2.45) is 0 Å². The Morgan fingerprint density at radius 3 is 2.29 bits per heavy atom. The van der Waals surface area contributed by atoms with Crippen LogP contribution in [-0.2, 0) is 11.2 Å². The van der Waals surface area contributed by atoms with Gasteiger partial charge in [0.2, 0.25) is 0 Å². The minimum Gasteiger partial charge on any atom is -0.310 e. The molecular formula is C15H23NO. The van der Waals surface area contributed by atoms with E-state index in [2.05, 4.69) is 45.1 Å². The van der Waals surface area contributed by atoms with E-state index >= 15 is 0 Å². The predicted octanol–water partition coefficient (Wildman–Crippen LogP) is 2.72. The van der Waals surface area contributed by atoms with Crippen LogP contribution in [0.3, 0.4) is 0 Å². The highest BCUT2D eigenvalue weighted by atomic mass is 16.1. The van der Waals surface area contributed by atoms with E-state index in [9.17, 15) is 4.79 Å². The Hall–Kier alpha value is -1.15. The fraction of sp³-hybridized carbons (Fsp3) is 0.533. The van der Waals surface area contributed by atoms with Gasteiger partial charge in [0.1, 0.15) is 0 Å². The number of carbonyl (C=O) groups excluding carboxylic acids is 1. The van der Waals surface area contributed by atoms with Crippen LogP contribution in [0, 0.1) is 20.8 Å². The Bertz CT molecular complexity index is 373. The Morgan fingerprint density at radius 2 is 1.76 bits per heavy atom. The second-order valence-electron chi connectivity index (χ2n) is 4.77.